The van der Waals surface area contributed by atoms with Crippen molar-refractivity contribution in [1.82, 2.24) is 0 Å². The van der Waals surface area contributed by atoms with Gasteiger partial charge in [-0.1, -0.05) is 25.5 Å². The number of hydrogen-bond donors (Lipinski definition) is 1. The summed E-state index contributed by atoms with van der Waals surface area (Å²) in [5.74, 6) is 0. The number of aliphatic hydroxyl groups is 1. The summed E-state index contributed by atoms with van der Waals surface area (Å²) >= 11 is 0. The van der Waals surface area contributed by atoms with Crippen LogP contribution in [0.25, 0.3) is 0 Å². The lowest BCUT2D eigenvalue weighted by Crippen LogP contribution is -2.27. The van der Waals surface area contributed by atoms with Crippen LogP contribution in [-0.2, 0) is 0 Å². The molecule has 0 saturated carbocycles. The molecule has 0 spiro atoms. The van der Waals surface area contributed by atoms with Crippen LogP contribution >= 0.6 is 0 Å². The Bertz CT molecular complexity index is 225. The second-order valence-corrected chi connectivity index (χ2v) is 4.52. The van der Waals surface area contributed by atoms with Gasteiger partial charge in [-0.3, -0.25) is 0 Å². The fourth-order valence-corrected chi connectivity index (χ4v) is 2.68. The molecule has 0 unspecified atom stereocenters. The van der Waals surface area contributed by atoms with Gasteiger partial charge in [-0.2, -0.15) is 0 Å². The van der Waals surface area contributed by atoms with E-state index in [4.69, 9.17) is 0 Å². The van der Waals surface area contributed by atoms with Gasteiger partial charge >= 0.3 is 0 Å². The van der Waals surface area contributed by atoms with E-state index in [2.05, 4.69) is 6.08 Å². The first-order valence-electron chi connectivity index (χ1n) is 6.20. The molecule has 0 radical (unpaired) electrons. The highest BCUT2D eigenvalue weighted by Crippen LogP contribution is 2.43. The zero-order chi connectivity index (χ0) is 11.3. The zero-order valence-corrected chi connectivity index (χ0v) is 9.93. The number of fused-ring (bicyclic) bond motifs is 1. The molecule has 0 aromatic rings. The minimum absolute atomic E-state index is 0.122. The average molecular weight is 214 g/mol. The van der Waals surface area contributed by atoms with Crippen LogP contribution in [0.1, 0.15) is 52.4 Å². The summed E-state index contributed by atoms with van der Waals surface area (Å²) in [6, 6.07) is 0. The van der Waals surface area contributed by atoms with Gasteiger partial charge in [0, 0.05) is 5.41 Å². The molecule has 2 aliphatic carbocycles. The first-order valence-corrected chi connectivity index (χ1v) is 6.20. The Morgan fingerprint density at radius 1 is 1.47 bits per heavy atom. The van der Waals surface area contributed by atoms with Gasteiger partial charge in [-0.25, -0.2) is 4.39 Å². The molecule has 0 heterocycles. The number of allylic oxidation sites excluding steroid dienone is 1. The molecular weight excluding hydrogens is 191 g/mol. The molecule has 88 valence electrons. The van der Waals surface area contributed by atoms with Gasteiger partial charge in [0.2, 0.25) is 0 Å². The summed E-state index contributed by atoms with van der Waals surface area (Å²) in [5, 5.41) is 9.32. The third kappa shape index (κ3) is 3.04. The molecule has 1 N–H and O–H groups in total. The normalized spacial score (nSPS) is 34.7. The van der Waals surface area contributed by atoms with E-state index in [0.29, 0.717) is 12.8 Å². The summed E-state index contributed by atoms with van der Waals surface area (Å²) in [7, 11) is 0. The first-order chi connectivity index (χ1) is 7.24. The summed E-state index contributed by atoms with van der Waals surface area (Å²) < 4.78 is 13.4. The predicted molar refractivity (Wildman–Crippen MR) is 61.5 cm³/mol. The van der Waals surface area contributed by atoms with E-state index in [0.717, 1.165) is 25.7 Å². The Morgan fingerprint density at radius 2 is 2.20 bits per heavy atom. The largest absolute Gasteiger partial charge is 0.395 e. The van der Waals surface area contributed by atoms with Crippen molar-refractivity contribution in [2.24, 2.45) is 5.41 Å². The predicted octanol–water partition coefficient (Wildman–Crippen LogP) is 3.62. The molecule has 2 heteroatoms. The summed E-state index contributed by atoms with van der Waals surface area (Å²) in [5.41, 5.74) is 1.17. The summed E-state index contributed by atoms with van der Waals surface area (Å²) in [4.78, 5) is 0. The minimum atomic E-state index is -0.709. The van der Waals surface area contributed by atoms with E-state index in [1.54, 1.807) is 0 Å². The van der Waals surface area contributed by atoms with Gasteiger partial charge in [0.1, 0.15) is 6.17 Å². The molecule has 15 heavy (non-hydrogen) atoms. The highest BCUT2D eigenvalue weighted by atomic mass is 19.1. The van der Waals surface area contributed by atoms with Crippen molar-refractivity contribution >= 4 is 0 Å². The maximum Gasteiger partial charge on any atom is 0.101 e. The van der Waals surface area contributed by atoms with Crippen molar-refractivity contribution in [3.05, 3.63) is 11.6 Å². The molecule has 1 nitrogen and oxygen atoms in total. The van der Waals surface area contributed by atoms with Crippen LogP contribution in [0.3, 0.4) is 0 Å². The van der Waals surface area contributed by atoms with Gasteiger partial charge in [0.25, 0.3) is 0 Å². The standard InChI is InChI=1S/C11H17FO.C2H6/c12-10-4-3-9-2-1-5-11(6-9,7-10)8-13;1-2/h6,10,13H,1-5,7-8H2;1-2H3/t10-,11-;/m0./s1. The smallest absolute Gasteiger partial charge is 0.101 e. The number of halogens is 1. The van der Waals surface area contributed by atoms with Crippen molar-refractivity contribution in [2.45, 2.75) is 58.5 Å². The molecule has 2 atom stereocenters. The Balaban J connectivity index is 0.000000531. The van der Waals surface area contributed by atoms with E-state index in [-0.39, 0.29) is 12.0 Å². The fourth-order valence-electron chi connectivity index (χ4n) is 2.68. The van der Waals surface area contributed by atoms with Crippen LogP contribution in [0.5, 0.6) is 0 Å². The second kappa shape index (κ2) is 5.64. The van der Waals surface area contributed by atoms with Crippen LogP contribution in [0.4, 0.5) is 4.39 Å². The van der Waals surface area contributed by atoms with Crippen LogP contribution in [0.15, 0.2) is 11.6 Å². The molecule has 0 aliphatic heterocycles. The van der Waals surface area contributed by atoms with Gasteiger partial charge in [0.05, 0.1) is 6.61 Å². The Hall–Kier alpha value is -0.370. The van der Waals surface area contributed by atoms with Crippen LogP contribution in [-0.4, -0.2) is 17.9 Å². The Morgan fingerprint density at radius 3 is 2.87 bits per heavy atom. The van der Waals surface area contributed by atoms with Gasteiger partial charge in [-0.05, 0) is 38.5 Å². The van der Waals surface area contributed by atoms with Gasteiger partial charge in [-0.15, -0.1) is 0 Å². The minimum Gasteiger partial charge on any atom is -0.395 e. The van der Waals surface area contributed by atoms with Crippen molar-refractivity contribution in [3.63, 3.8) is 0 Å². The van der Waals surface area contributed by atoms with Crippen LogP contribution in [0.2, 0.25) is 0 Å². The molecular formula is C13H23FO. The fraction of sp³-hybridized carbons (Fsp3) is 0.846. The number of aliphatic hydroxyl groups excluding tert-OH is 1. The maximum atomic E-state index is 13.4. The number of hydrogen-bond acceptors (Lipinski definition) is 1. The summed E-state index contributed by atoms with van der Waals surface area (Å²) in [6.07, 6.45) is 6.76. The maximum absolute atomic E-state index is 13.4. The lowest BCUT2D eigenvalue weighted by atomic mass is 9.75. The molecule has 0 fully saturated rings. The van der Waals surface area contributed by atoms with Crippen LogP contribution < -0.4 is 0 Å². The molecule has 0 aromatic heterocycles. The average Bonchev–Trinajstić information content (AvgIpc) is 2.39. The highest BCUT2D eigenvalue weighted by Gasteiger charge is 2.35. The number of alkyl halides is 1. The van der Waals surface area contributed by atoms with E-state index in [1.165, 1.54) is 5.57 Å². The number of rotatable bonds is 1. The van der Waals surface area contributed by atoms with Crippen molar-refractivity contribution < 1.29 is 9.50 Å². The highest BCUT2D eigenvalue weighted by molar-refractivity contribution is 5.16. The Labute approximate surface area is 92.4 Å². The molecule has 0 amide bonds. The van der Waals surface area contributed by atoms with Gasteiger partial charge < -0.3 is 5.11 Å². The van der Waals surface area contributed by atoms with E-state index < -0.39 is 6.17 Å². The third-order valence-corrected chi connectivity index (χ3v) is 3.40. The lowest BCUT2D eigenvalue weighted by molar-refractivity contribution is 0.113. The second-order valence-electron chi connectivity index (χ2n) is 4.52. The zero-order valence-electron chi connectivity index (χ0n) is 9.93. The van der Waals surface area contributed by atoms with Crippen molar-refractivity contribution in [1.29, 1.82) is 0 Å². The van der Waals surface area contributed by atoms with E-state index in [9.17, 15) is 9.50 Å². The molecule has 2 aliphatic rings. The van der Waals surface area contributed by atoms with E-state index in [1.807, 2.05) is 13.8 Å². The van der Waals surface area contributed by atoms with Gasteiger partial charge in [0.15, 0.2) is 0 Å². The van der Waals surface area contributed by atoms with Crippen molar-refractivity contribution in [3.8, 4) is 0 Å². The van der Waals surface area contributed by atoms with E-state index >= 15 is 0 Å². The molecule has 2 rings (SSSR count). The SMILES string of the molecule is CC.OC[C@]12C=C(CCC1)CC[C@H](F)C2. The first kappa shape index (κ1) is 12.7. The topological polar surface area (TPSA) is 20.2 Å². The van der Waals surface area contributed by atoms with Crippen molar-refractivity contribution in [2.75, 3.05) is 6.61 Å². The molecule has 2 bridgehead atoms. The quantitative estimate of drug-likeness (QED) is 0.661. The molecule has 0 aromatic carbocycles. The third-order valence-electron chi connectivity index (χ3n) is 3.40. The monoisotopic (exact) mass is 214 g/mol. The lowest BCUT2D eigenvalue weighted by Gasteiger charge is -2.32. The summed E-state index contributed by atoms with van der Waals surface area (Å²) in [6.45, 7) is 4.12. The Kier molecular flexibility index (Phi) is 4.78. The van der Waals surface area contributed by atoms with Crippen LogP contribution in [0, 0.1) is 5.41 Å². The molecule has 0 saturated heterocycles.